The minimum atomic E-state index is -1.07. The molecule has 1 aromatic heterocycles. The van der Waals surface area contributed by atoms with Gasteiger partial charge >= 0.3 is 12.1 Å². The molecule has 1 aromatic rings. The average molecular weight is 479 g/mol. The summed E-state index contributed by atoms with van der Waals surface area (Å²) in [6.45, 7) is 10.2. The van der Waals surface area contributed by atoms with Crippen LogP contribution in [0, 0.1) is 0 Å². The number of aliphatic carboxylic acids is 1. The first-order valence-electron chi connectivity index (χ1n) is 12.3. The molecule has 1 aliphatic rings. The monoisotopic (exact) mass is 478 g/mol. The Hall–Kier alpha value is -2.39. The third-order valence-corrected chi connectivity index (χ3v) is 5.75. The number of alkyl carbamates (subject to hydrolysis) is 1. The third kappa shape index (κ3) is 10.3. The number of amides is 1. The molecule has 1 amide bonds. The van der Waals surface area contributed by atoms with E-state index in [1.807, 2.05) is 6.92 Å². The number of aromatic nitrogens is 1. The van der Waals surface area contributed by atoms with Gasteiger partial charge in [0.15, 0.2) is 0 Å². The molecule has 0 spiro atoms. The van der Waals surface area contributed by atoms with E-state index in [4.69, 9.17) is 14.5 Å². The highest BCUT2D eigenvalue weighted by Gasteiger charge is 2.25. The smallest absolute Gasteiger partial charge is 0.408 e. The molecule has 0 bridgehead atoms. The van der Waals surface area contributed by atoms with Crippen molar-refractivity contribution in [3.63, 3.8) is 0 Å². The maximum absolute atomic E-state index is 12.0. The Morgan fingerprint density at radius 1 is 1.26 bits per heavy atom. The predicted molar refractivity (Wildman–Crippen MR) is 132 cm³/mol. The molecule has 1 unspecified atom stereocenters. The molecule has 34 heavy (non-hydrogen) atoms. The van der Waals surface area contributed by atoms with Crippen molar-refractivity contribution in [2.45, 2.75) is 84.0 Å². The van der Waals surface area contributed by atoms with Crippen molar-refractivity contribution in [3.8, 4) is 0 Å². The zero-order valence-electron chi connectivity index (χ0n) is 21.4. The molecule has 1 aliphatic heterocycles. The lowest BCUT2D eigenvalue weighted by Crippen LogP contribution is -2.45. The quantitative estimate of drug-likeness (QED) is 0.370. The fraction of sp³-hybridized carbons (Fsp3) is 0.720. The van der Waals surface area contributed by atoms with Crippen LogP contribution < -0.4 is 10.6 Å². The standard InChI is InChI=1S/C25H42N4O5/c1-18(33-5)17-29(16-13-21(23(30)31)28-24(32)34-25(2,3)4)15-7-6-10-20-12-11-19-9-8-14-26-22(19)27-20/h11-12,18,21H,6-10,13-17H2,1-5H3,(H,26,27)(H,28,32)(H,30,31)/t18?,21-/m0/s1. The number of aryl methyl sites for hydroxylation is 2. The van der Waals surface area contributed by atoms with E-state index >= 15 is 0 Å². The number of anilines is 1. The minimum absolute atomic E-state index is 0.0236. The first-order chi connectivity index (χ1) is 16.1. The summed E-state index contributed by atoms with van der Waals surface area (Å²) in [5.41, 5.74) is 1.70. The largest absolute Gasteiger partial charge is 0.480 e. The van der Waals surface area contributed by atoms with Crippen molar-refractivity contribution in [1.82, 2.24) is 15.2 Å². The molecule has 0 saturated carbocycles. The number of hydrogen-bond donors (Lipinski definition) is 3. The summed E-state index contributed by atoms with van der Waals surface area (Å²) >= 11 is 0. The number of nitrogens with one attached hydrogen (secondary N) is 2. The molecule has 3 N–H and O–H groups in total. The second kappa shape index (κ2) is 13.5. The van der Waals surface area contributed by atoms with Crippen LogP contribution in [0.5, 0.6) is 0 Å². The summed E-state index contributed by atoms with van der Waals surface area (Å²) in [6, 6.07) is 3.29. The summed E-state index contributed by atoms with van der Waals surface area (Å²) < 4.78 is 10.6. The second-order valence-electron chi connectivity index (χ2n) is 9.97. The summed E-state index contributed by atoms with van der Waals surface area (Å²) in [6.07, 6.45) is 4.67. The van der Waals surface area contributed by atoms with Crippen LogP contribution in [0.15, 0.2) is 12.1 Å². The summed E-state index contributed by atoms with van der Waals surface area (Å²) in [5.74, 6) is -0.0470. The van der Waals surface area contributed by atoms with Crippen LogP contribution in [-0.4, -0.2) is 78.1 Å². The number of hydrogen-bond acceptors (Lipinski definition) is 7. The highest BCUT2D eigenvalue weighted by molar-refractivity contribution is 5.80. The lowest BCUT2D eigenvalue weighted by molar-refractivity contribution is -0.139. The minimum Gasteiger partial charge on any atom is -0.480 e. The van der Waals surface area contributed by atoms with E-state index in [9.17, 15) is 14.7 Å². The molecule has 2 heterocycles. The SMILES string of the molecule is COC(C)CN(CCCCc1ccc2c(n1)NCCC2)CC[C@H](NC(=O)OC(C)(C)C)C(=O)O. The zero-order valence-corrected chi connectivity index (χ0v) is 21.4. The molecule has 0 saturated heterocycles. The number of ether oxygens (including phenoxy) is 2. The molecule has 2 atom stereocenters. The van der Waals surface area contributed by atoms with Crippen molar-refractivity contribution in [3.05, 3.63) is 23.4 Å². The Bertz CT molecular complexity index is 796. The summed E-state index contributed by atoms with van der Waals surface area (Å²) in [4.78, 5) is 30.7. The molecule has 0 radical (unpaired) electrons. The summed E-state index contributed by atoms with van der Waals surface area (Å²) in [7, 11) is 1.67. The number of nitrogens with zero attached hydrogens (tertiary/aromatic N) is 2. The maximum Gasteiger partial charge on any atom is 0.408 e. The van der Waals surface area contributed by atoms with Crippen molar-refractivity contribution in [1.29, 1.82) is 0 Å². The molecule has 0 aromatic carbocycles. The van der Waals surface area contributed by atoms with E-state index in [-0.39, 0.29) is 12.5 Å². The predicted octanol–water partition coefficient (Wildman–Crippen LogP) is 3.47. The van der Waals surface area contributed by atoms with E-state index in [0.717, 1.165) is 56.7 Å². The van der Waals surface area contributed by atoms with Gasteiger partial charge in [-0.05, 0) is 84.4 Å². The van der Waals surface area contributed by atoms with Gasteiger partial charge in [0.2, 0.25) is 0 Å². The Kier molecular flexibility index (Phi) is 11.0. The van der Waals surface area contributed by atoms with Crippen LogP contribution in [0.1, 0.15) is 64.6 Å². The number of fused-ring (bicyclic) bond motifs is 1. The van der Waals surface area contributed by atoms with Gasteiger partial charge < -0.3 is 30.1 Å². The molecule has 192 valence electrons. The average Bonchev–Trinajstić information content (AvgIpc) is 2.77. The topological polar surface area (TPSA) is 113 Å². The van der Waals surface area contributed by atoms with Crippen LogP contribution in [0.4, 0.5) is 10.6 Å². The van der Waals surface area contributed by atoms with Gasteiger partial charge in [0.1, 0.15) is 17.5 Å². The first kappa shape index (κ1) is 27.9. The Morgan fingerprint density at radius 3 is 2.71 bits per heavy atom. The van der Waals surface area contributed by atoms with Gasteiger partial charge in [-0.2, -0.15) is 0 Å². The highest BCUT2D eigenvalue weighted by Crippen LogP contribution is 2.20. The molecule has 9 nitrogen and oxygen atoms in total. The number of carboxylic acid groups (broad SMARTS) is 1. The molecular formula is C25H42N4O5. The van der Waals surface area contributed by atoms with E-state index in [1.165, 1.54) is 5.56 Å². The summed E-state index contributed by atoms with van der Waals surface area (Å²) in [5, 5.41) is 15.4. The van der Waals surface area contributed by atoms with E-state index < -0.39 is 23.7 Å². The molecule has 0 aliphatic carbocycles. The molecule has 2 rings (SSSR count). The highest BCUT2D eigenvalue weighted by atomic mass is 16.6. The van der Waals surface area contributed by atoms with Crippen LogP contribution in [0.2, 0.25) is 0 Å². The van der Waals surface area contributed by atoms with Crippen molar-refractivity contribution < 1.29 is 24.2 Å². The molecular weight excluding hydrogens is 436 g/mol. The number of carbonyl (C=O) groups is 2. The second-order valence-corrected chi connectivity index (χ2v) is 9.97. The van der Waals surface area contributed by atoms with Crippen molar-refractivity contribution in [2.75, 3.05) is 38.6 Å². The Labute approximate surface area is 203 Å². The third-order valence-electron chi connectivity index (χ3n) is 5.75. The van der Waals surface area contributed by atoms with Crippen molar-refractivity contribution in [2.24, 2.45) is 0 Å². The Balaban J connectivity index is 1.84. The number of rotatable bonds is 13. The van der Waals surface area contributed by atoms with Crippen LogP contribution in [0.25, 0.3) is 0 Å². The van der Waals surface area contributed by atoms with E-state index in [2.05, 4.69) is 27.7 Å². The Morgan fingerprint density at radius 2 is 2.03 bits per heavy atom. The van der Waals surface area contributed by atoms with E-state index in [0.29, 0.717) is 13.1 Å². The van der Waals surface area contributed by atoms with Gasteiger partial charge in [-0.3, -0.25) is 0 Å². The van der Waals surface area contributed by atoms with Gasteiger partial charge in [0, 0.05) is 32.4 Å². The number of methoxy groups -OCH3 is 1. The number of carbonyl (C=O) groups excluding carboxylic acids is 1. The molecule has 0 fully saturated rings. The van der Waals surface area contributed by atoms with Crippen LogP contribution in [-0.2, 0) is 27.1 Å². The van der Waals surface area contributed by atoms with Gasteiger partial charge in [-0.1, -0.05) is 6.07 Å². The maximum atomic E-state index is 12.0. The van der Waals surface area contributed by atoms with E-state index in [1.54, 1.807) is 27.9 Å². The fourth-order valence-corrected chi connectivity index (χ4v) is 3.90. The zero-order chi connectivity index (χ0) is 25.1. The van der Waals surface area contributed by atoms with Crippen molar-refractivity contribution >= 4 is 17.9 Å². The number of carboxylic acids is 1. The van der Waals surface area contributed by atoms with Gasteiger partial charge in [-0.25, -0.2) is 14.6 Å². The van der Waals surface area contributed by atoms with Gasteiger partial charge in [0.05, 0.1) is 6.10 Å². The lowest BCUT2D eigenvalue weighted by atomic mass is 10.1. The van der Waals surface area contributed by atoms with Crippen LogP contribution in [0.3, 0.4) is 0 Å². The number of pyridine rings is 1. The van der Waals surface area contributed by atoms with Gasteiger partial charge in [-0.15, -0.1) is 0 Å². The van der Waals surface area contributed by atoms with Crippen LogP contribution >= 0.6 is 0 Å². The van der Waals surface area contributed by atoms with Gasteiger partial charge in [0.25, 0.3) is 0 Å². The lowest BCUT2D eigenvalue weighted by Gasteiger charge is -2.27. The first-order valence-corrected chi connectivity index (χ1v) is 12.3. The molecule has 9 heteroatoms. The fourth-order valence-electron chi connectivity index (χ4n) is 3.90. The number of unbranched alkanes of at least 4 members (excludes halogenated alkanes) is 1. The normalized spacial score (nSPS) is 15.2.